The zero-order chi connectivity index (χ0) is 18.2. The molecular formula is C19H34ClN3O2. The Bertz CT molecular complexity index is 489. The second-order valence-corrected chi connectivity index (χ2v) is 7.78. The van der Waals surface area contributed by atoms with Crippen molar-refractivity contribution >= 4 is 18.3 Å². The first-order valence-corrected chi connectivity index (χ1v) is 8.69. The van der Waals surface area contributed by atoms with Crippen LogP contribution >= 0.6 is 12.4 Å². The molecule has 0 aliphatic heterocycles. The topological polar surface area (TPSA) is 73.4 Å². The minimum atomic E-state index is -0.771. The van der Waals surface area contributed by atoms with E-state index in [1.165, 1.54) is 0 Å². The van der Waals surface area contributed by atoms with Gasteiger partial charge in [-0.05, 0) is 38.7 Å². The van der Waals surface area contributed by atoms with Crippen LogP contribution in [-0.4, -0.2) is 35.2 Å². The summed E-state index contributed by atoms with van der Waals surface area (Å²) in [4.78, 5) is 12.1. The fourth-order valence-corrected chi connectivity index (χ4v) is 2.35. The highest BCUT2D eigenvalue weighted by atomic mass is 35.5. The predicted octanol–water partition coefficient (Wildman–Crippen LogP) is 2.44. The van der Waals surface area contributed by atoms with Gasteiger partial charge in [0.15, 0.2) is 0 Å². The van der Waals surface area contributed by atoms with Crippen LogP contribution in [0.4, 0.5) is 0 Å². The number of hydrazine groups is 1. The maximum atomic E-state index is 12.1. The van der Waals surface area contributed by atoms with Gasteiger partial charge >= 0.3 is 0 Å². The van der Waals surface area contributed by atoms with Gasteiger partial charge in [-0.25, -0.2) is 0 Å². The van der Waals surface area contributed by atoms with Crippen molar-refractivity contribution in [3.63, 3.8) is 0 Å². The highest BCUT2D eigenvalue weighted by Crippen LogP contribution is 2.09. The van der Waals surface area contributed by atoms with Gasteiger partial charge in [-0.2, -0.15) is 0 Å². The van der Waals surface area contributed by atoms with Gasteiger partial charge in [0, 0.05) is 12.1 Å². The number of aliphatic hydroxyl groups is 1. The van der Waals surface area contributed by atoms with Crippen LogP contribution in [0.15, 0.2) is 30.3 Å². The molecule has 0 spiro atoms. The first-order valence-electron chi connectivity index (χ1n) is 8.69. The molecule has 0 radical (unpaired) electrons. The molecule has 0 fully saturated rings. The van der Waals surface area contributed by atoms with E-state index in [4.69, 9.17) is 0 Å². The number of carbonyl (C=O) groups excluding carboxylic acids is 1. The number of benzene rings is 1. The van der Waals surface area contributed by atoms with Crippen molar-refractivity contribution in [2.75, 3.05) is 6.54 Å². The fraction of sp³-hybridized carbons (Fsp3) is 0.632. The first kappa shape index (κ1) is 23.9. The normalized spacial score (nSPS) is 13.9. The molecule has 0 saturated heterocycles. The lowest BCUT2D eigenvalue weighted by Gasteiger charge is -2.27. The molecule has 6 heteroatoms. The Morgan fingerprint density at radius 2 is 1.76 bits per heavy atom. The maximum Gasteiger partial charge on any atom is 0.223 e. The highest BCUT2D eigenvalue weighted by molar-refractivity contribution is 5.85. The summed E-state index contributed by atoms with van der Waals surface area (Å²) in [5.41, 5.74) is 7.18. The van der Waals surface area contributed by atoms with Crippen LogP contribution in [0.1, 0.15) is 46.6 Å². The largest absolute Gasteiger partial charge is 0.391 e. The van der Waals surface area contributed by atoms with Crippen LogP contribution in [0.5, 0.6) is 0 Å². The Morgan fingerprint density at radius 1 is 1.16 bits per heavy atom. The van der Waals surface area contributed by atoms with Crippen LogP contribution in [-0.2, 0) is 11.2 Å². The summed E-state index contributed by atoms with van der Waals surface area (Å²) in [5.74, 6) is 0.356. The van der Waals surface area contributed by atoms with Gasteiger partial charge in [-0.3, -0.25) is 15.6 Å². The minimum Gasteiger partial charge on any atom is -0.391 e. The molecule has 0 heterocycles. The third-order valence-corrected chi connectivity index (χ3v) is 3.47. The van der Waals surface area contributed by atoms with E-state index in [1.807, 2.05) is 51.1 Å². The van der Waals surface area contributed by atoms with E-state index in [-0.39, 0.29) is 36.3 Å². The number of hydrogen-bond acceptors (Lipinski definition) is 4. The van der Waals surface area contributed by atoms with Crippen molar-refractivity contribution in [2.45, 2.75) is 65.1 Å². The molecule has 0 aromatic heterocycles. The second kappa shape index (κ2) is 11.5. The van der Waals surface area contributed by atoms with Crippen LogP contribution < -0.4 is 16.2 Å². The van der Waals surface area contributed by atoms with Gasteiger partial charge in [0.2, 0.25) is 5.91 Å². The van der Waals surface area contributed by atoms with Gasteiger partial charge < -0.3 is 10.4 Å². The van der Waals surface area contributed by atoms with Crippen molar-refractivity contribution in [2.24, 2.45) is 5.92 Å². The number of aliphatic hydroxyl groups excluding tert-OH is 1. The van der Waals surface area contributed by atoms with Crippen molar-refractivity contribution < 1.29 is 9.90 Å². The van der Waals surface area contributed by atoms with Crippen molar-refractivity contribution in [3.05, 3.63) is 35.9 Å². The van der Waals surface area contributed by atoms with Gasteiger partial charge in [-0.15, -0.1) is 12.4 Å². The number of carbonyl (C=O) groups is 1. The molecule has 1 rings (SSSR count). The molecule has 144 valence electrons. The van der Waals surface area contributed by atoms with Crippen molar-refractivity contribution in [1.29, 1.82) is 0 Å². The van der Waals surface area contributed by atoms with Gasteiger partial charge in [0.05, 0.1) is 18.6 Å². The number of halogens is 1. The van der Waals surface area contributed by atoms with Gasteiger partial charge in [0.1, 0.15) is 0 Å². The minimum absolute atomic E-state index is 0. The monoisotopic (exact) mass is 371 g/mol. The number of nitrogens with one attached hydrogen (secondary N) is 3. The molecule has 0 aliphatic rings. The summed E-state index contributed by atoms with van der Waals surface area (Å²) in [6.07, 6.45) is -0.0479. The highest BCUT2D eigenvalue weighted by Gasteiger charge is 2.24. The summed E-state index contributed by atoms with van der Waals surface area (Å²) < 4.78 is 0. The first-order chi connectivity index (χ1) is 11.2. The van der Waals surface area contributed by atoms with E-state index in [0.29, 0.717) is 12.3 Å². The lowest BCUT2D eigenvalue weighted by Crippen LogP contribution is -2.51. The molecule has 0 bridgehead atoms. The third-order valence-electron chi connectivity index (χ3n) is 3.47. The molecule has 4 N–H and O–H groups in total. The second-order valence-electron chi connectivity index (χ2n) is 7.78. The number of rotatable bonds is 9. The summed E-state index contributed by atoms with van der Waals surface area (Å²) in [6, 6.07) is 9.74. The fourth-order valence-electron chi connectivity index (χ4n) is 2.35. The molecule has 25 heavy (non-hydrogen) atoms. The van der Waals surface area contributed by atoms with Gasteiger partial charge in [-0.1, -0.05) is 44.2 Å². The molecular weight excluding hydrogens is 338 g/mol. The van der Waals surface area contributed by atoms with Gasteiger partial charge in [0.25, 0.3) is 0 Å². The standard InChI is InChI=1S/C19H33N3O2.ClH/c1-14(2)13-20-22-16(11-15-9-7-6-8-10-15)17(23)12-18(24)21-19(3,4)5;/h6-10,14,16-17,20,22-23H,11-13H2,1-5H3,(H,21,24);1H/t16-,17-;/m0./s1. The van der Waals surface area contributed by atoms with Crippen LogP contribution in [0, 0.1) is 5.92 Å². The maximum absolute atomic E-state index is 12.1. The van der Waals surface area contributed by atoms with E-state index < -0.39 is 6.10 Å². The summed E-state index contributed by atoms with van der Waals surface area (Å²) in [6.45, 7) is 10.8. The zero-order valence-electron chi connectivity index (χ0n) is 16.0. The van der Waals surface area contributed by atoms with E-state index in [9.17, 15) is 9.90 Å². The Balaban J connectivity index is 0.00000576. The van der Waals surface area contributed by atoms with Crippen LogP contribution in [0.3, 0.4) is 0 Å². The smallest absolute Gasteiger partial charge is 0.223 e. The quantitative estimate of drug-likeness (QED) is 0.503. The van der Waals surface area contributed by atoms with Crippen LogP contribution in [0.2, 0.25) is 0 Å². The van der Waals surface area contributed by atoms with Crippen molar-refractivity contribution in [3.8, 4) is 0 Å². The lowest BCUT2D eigenvalue weighted by atomic mass is 9.99. The Hall–Kier alpha value is -1.14. The summed E-state index contributed by atoms with van der Waals surface area (Å²) >= 11 is 0. The number of hydrogen-bond donors (Lipinski definition) is 4. The molecule has 1 aromatic rings. The Kier molecular flexibility index (Phi) is 10.9. The predicted molar refractivity (Wildman–Crippen MR) is 106 cm³/mol. The van der Waals surface area contributed by atoms with E-state index >= 15 is 0 Å². The van der Waals surface area contributed by atoms with E-state index in [0.717, 1.165) is 12.1 Å². The third kappa shape index (κ3) is 11.2. The summed E-state index contributed by atoms with van der Waals surface area (Å²) in [7, 11) is 0. The van der Waals surface area contributed by atoms with E-state index in [2.05, 4.69) is 30.0 Å². The average Bonchev–Trinajstić information content (AvgIpc) is 2.44. The molecule has 0 saturated carbocycles. The molecule has 2 atom stereocenters. The SMILES string of the molecule is CC(C)CNN[C@@H](Cc1ccccc1)[C@@H](O)CC(=O)NC(C)(C)C.Cl. The molecule has 1 amide bonds. The lowest BCUT2D eigenvalue weighted by molar-refractivity contribution is -0.124. The molecule has 1 aromatic carbocycles. The van der Waals surface area contributed by atoms with Crippen molar-refractivity contribution in [1.82, 2.24) is 16.2 Å². The summed E-state index contributed by atoms with van der Waals surface area (Å²) in [5, 5.41) is 13.4. The van der Waals surface area contributed by atoms with E-state index in [1.54, 1.807) is 0 Å². The molecule has 0 unspecified atom stereocenters. The average molecular weight is 372 g/mol. The van der Waals surface area contributed by atoms with Crippen LogP contribution in [0.25, 0.3) is 0 Å². The Labute approximate surface area is 158 Å². The Morgan fingerprint density at radius 3 is 2.28 bits per heavy atom. The molecule has 5 nitrogen and oxygen atoms in total. The number of amides is 1. The zero-order valence-corrected chi connectivity index (χ0v) is 16.8. The molecule has 0 aliphatic carbocycles.